The highest BCUT2D eigenvalue weighted by Crippen LogP contribution is 2.36. The van der Waals surface area contributed by atoms with Crippen molar-refractivity contribution in [3.8, 4) is 17.2 Å². The molecule has 0 unspecified atom stereocenters. The maximum atomic E-state index is 13.1. The first-order valence-electron chi connectivity index (χ1n) is 9.82. The molecule has 6 heteroatoms. The van der Waals surface area contributed by atoms with E-state index in [1.807, 2.05) is 44.2 Å². The number of carbonyl (C=O) groups excluding carboxylic acids is 2. The lowest BCUT2D eigenvalue weighted by Gasteiger charge is -2.16. The lowest BCUT2D eigenvalue weighted by atomic mass is 10.1. The van der Waals surface area contributed by atoms with Gasteiger partial charge in [0.15, 0.2) is 0 Å². The summed E-state index contributed by atoms with van der Waals surface area (Å²) in [5, 5.41) is -0.104. The molecule has 1 aliphatic rings. The standard InChI is InChI=1S/C25H20ClNO4/c1-16(2)30-20-12-8-17(9-13-20)22-23(26)25(29)27(24(22)28)18-10-14-21(15-11-18)31-19-6-4-3-5-7-19/h3-16H,1-2H3. The molecule has 0 N–H and O–H groups in total. The first kappa shape index (κ1) is 20.7. The molecular formula is C25H20ClNO4. The van der Waals surface area contributed by atoms with Crippen molar-refractivity contribution in [2.75, 3.05) is 4.90 Å². The molecule has 0 fully saturated rings. The Bertz CT molecular complexity index is 1140. The van der Waals surface area contributed by atoms with Crippen molar-refractivity contribution >= 4 is 34.7 Å². The van der Waals surface area contributed by atoms with Gasteiger partial charge in [0.25, 0.3) is 11.8 Å². The molecule has 0 saturated heterocycles. The number of hydrogen-bond donors (Lipinski definition) is 0. The van der Waals surface area contributed by atoms with E-state index in [1.54, 1.807) is 48.5 Å². The van der Waals surface area contributed by atoms with Crippen LogP contribution in [0, 0.1) is 0 Å². The van der Waals surface area contributed by atoms with E-state index in [-0.39, 0.29) is 16.7 Å². The van der Waals surface area contributed by atoms with Gasteiger partial charge < -0.3 is 9.47 Å². The van der Waals surface area contributed by atoms with E-state index >= 15 is 0 Å². The molecular weight excluding hydrogens is 414 g/mol. The van der Waals surface area contributed by atoms with Gasteiger partial charge in [-0.05, 0) is 67.9 Å². The van der Waals surface area contributed by atoms with Gasteiger partial charge in [0.05, 0.1) is 17.4 Å². The zero-order valence-corrected chi connectivity index (χ0v) is 17.8. The van der Waals surface area contributed by atoms with Crippen molar-refractivity contribution in [1.82, 2.24) is 0 Å². The third-order valence-electron chi connectivity index (χ3n) is 4.62. The Morgan fingerprint density at radius 2 is 1.32 bits per heavy atom. The summed E-state index contributed by atoms with van der Waals surface area (Å²) in [6.07, 6.45) is 0.0349. The number of carbonyl (C=O) groups is 2. The van der Waals surface area contributed by atoms with Gasteiger partial charge in [0.1, 0.15) is 22.3 Å². The first-order chi connectivity index (χ1) is 14.9. The van der Waals surface area contributed by atoms with E-state index in [0.717, 1.165) is 4.90 Å². The molecule has 3 aromatic rings. The third-order valence-corrected chi connectivity index (χ3v) is 4.97. The minimum absolute atomic E-state index is 0.0349. The topological polar surface area (TPSA) is 55.8 Å². The third kappa shape index (κ3) is 4.32. The maximum absolute atomic E-state index is 13.1. The molecule has 0 bridgehead atoms. The molecule has 0 aliphatic carbocycles. The predicted octanol–water partition coefficient (Wildman–Crippen LogP) is 5.79. The van der Waals surface area contributed by atoms with Crippen LogP contribution in [0.1, 0.15) is 19.4 Å². The van der Waals surface area contributed by atoms with Gasteiger partial charge in [0, 0.05) is 0 Å². The second kappa shape index (κ2) is 8.66. The summed E-state index contributed by atoms with van der Waals surface area (Å²) in [6, 6.07) is 23.0. The van der Waals surface area contributed by atoms with Crippen molar-refractivity contribution in [3.63, 3.8) is 0 Å². The van der Waals surface area contributed by atoms with Gasteiger partial charge in [-0.2, -0.15) is 0 Å². The van der Waals surface area contributed by atoms with Crippen molar-refractivity contribution in [3.05, 3.63) is 89.5 Å². The molecule has 2 amide bonds. The van der Waals surface area contributed by atoms with Crippen LogP contribution in [0.4, 0.5) is 5.69 Å². The summed E-state index contributed by atoms with van der Waals surface area (Å²) in [7, 11) is 0. The highest BCUT2D eigenvalue weighted by molar-refractivity contribution is 6.60. The Balaban J connectivity index is 1.55. The fourth-order valence-corrected chi connectivity index (χ4v) is 3.52. The van der Waals surface area contributed by atoms with E-state index in [2.05, 4.69) is 0 Å². The minimum Gasteiger partial charge on any atom is -0.491 e. The fourth-order valence-electron chi connectivity index (χ4n) is 3.25. The summed E-state index contributed by atoms with van der Waals surface area (Å²) in [5.41, 5.74) is 1.15. The Kier molecular flexibility index (Phi) is 5.78. The fraction of sp³-hybridized carbons (Fsp3) is 0.120. The van der Waals surface area contributed by atoms with E-state index in [9.17, 15) is 9.59 Å². The number of amides is 2. The average Bonchev–Trinajstić information content (AvgIpc) is 2.98. The number of rotatable bonds is 6. The summed E-state index contributed by atoms with van der Waals surface area (Å²) in [5.74, 6) is 0.942. The van der Waals surface area contributed by atoms with Gasteiger partial charge in [-0.15, -0.1) is 0 Å². The maximum Gasteiger partial charge on any atom is 0.277 e. The van der Waals surface area contributed by atoms with Crippen LogP contribution in [-0.4, -0.2) is 17.9 Å². The van der Waals surface area contributed by atoms with Gasteiger partial charge in [-0.1, -0.05) is 41.9 Å². The highest BCUT2D eigenvalue weighted by Gasteiger charge is 2.39. The van der Waals surface area contributed by atoms with Crippen LogP contribution in [0.2, 0.25) is 0 Å². The normalized spacial score (nSPS) is 13.9. The zero-order valence-electron chi connectivity index (χ0n) is 17.0. The smallest absolute Gasteiger partial charge is 0.277 e. The Morgan fingerprint density at radius 1 is 0.742 bits per heavy atom. The van der Waals surface area contributed by atoms with Crippen molar-refractivity contribution in [2.24, 2.45) is 0 Å². The minimum atomic E-state index is -0.555. The molecule has 3 aromatic carbocycles. The van der Waals surface area contributed by atoms with Crippen LogP contribution in [-0.2, 0) is 9.59 Å². The largest absolute Gasteiger partial charge is 0.491 e. The van der Waals surface area contributed by atoms with Gasteiger partial charge in [0.2, 0.25) is 0 Å². The molecule has 4 rings (SSSR count). The molecule has 31 heavy (non-hydrogen) atoms. The number of nitrogens with zero attached hydrogens (tertiary/aromatic N) is 1. The number of hydrogen-bond acceptors (Lipinski definition) is 4. The van der Waals surface area contributed by atoms with Crippen LogP contribution in [0.5, 0.6) is 17.2 Å². The van der Waals surface area contributed by atoms with Gasteiger partial charge in [-0.3, -0.25) is 9.59 Å². The van der Waals surface area contributed by atoms with E-state index in [1.165, 1.54) is 0 Å². The molecule has 0 aromatic heterocycles. The van der Waals surface area contributed by atoms with Crippen molar-refractivity contribution < 1.29 is 19.1 Å². The lowest BCUT2D eigenvalue weighted by molar-refractivity contribution is -0.119. The quantitative estimate of drug-likeness (QED) is 0.462. The predicted molar refractivity (Wildman–Crippen MR) is 120 cm³/mol. The Morgan fingerprint density at radius 3 is 1.94 bits per heavy atom. The van der Waals surface area contributed by atoms with Crippen molar-refractivity contribution in [2.45, 2.75) is 20.0 Å². The van der Waals surface area contributed by atoms with Crippen LogP contribution < -0.4 is 14.4 Å². The second-order valence-electron chi connectivity index (χ2n) is 7.23. The second-order valence-corrected chi connectivity index (χ2v) is 7.61. The first-order valence-corrected chi connectivity index (χ1v) is 10.2. The lowest BCUT2D eigenvalue weighted by Crippen LogP contribution is -2.31. The van der Waals surface area contributed by atoms with Crippen LogP contribution in [0.25, 0.3) is 5.57 Å². The molecule has 0 spiro atoms. The van der Waals surface area contributed by atoms with Crippen molar-refractivity contribution in [1.29, 1.82) is 0 Å². The monoisotopic (exact) mass is 433 g/mol. The van der Waals surface area contributed by atoms with Crippen LogP contribution in [0.3, 0.4) is 0 Å². The summed E-state index contributed by atoms with van der Waals surface area (Å²) < 4.78 is 11.4. The van der Waals surface area contributed by atoms with E-state index in [0.29, 0.717) is 28.5 Å². The number of anilines is 1. The molecule has 1 aliphatic heterocycles. The number of halogens is 1. The number of benzene rings is 3. The van der Waals surface area contributed by atoms with E-state index < -0.39 is 11.8 Å². The molecule has 0 atom stereocenters. The summed E-state index contributed by atoms with van der Waals surface area (Å²) in [6.45, 7) is 3.86. The SMILES string of the molecule is CC(C)Oc1ccc(C2=C(Cl)C(=O)N(c3ccc(Oc4ccccc4)cc3)C2=O)cc1. The molecule has 0 saturated carbocycles. The van der Waals surface area contributed by atoms with Crippen LogP contribution >= 0.6 is 11.6 Å². The summed E-state index contributed by atoms with van der Waals surface area (Å²) in [4.78, 5) is 26.9. The molecule has 156 valence electrons. The average molecular weight is 434 g/mol. The molecule has 0 radical (unpaired) electrons. The summed E-state index contributed by atoms with van der Waals surface area (Å²) >= 11 is 6.28. The molecule has 1 heterocycles. The number of imide groups is 1. The van der Waals surface area contributed by atoms with E-state index in [4.69, 9.17) is 21.1 Å². The Hall–Kier alpha value is -3.57. The highest BCUT2D eigenvalue weighted by atomic mass is 35.5. The van der Waals surface area contributed by atoms with Gasteiger partial charge in [-0.25, -0.2) is 4.90 Å². The van der Waals surface area contributed by atoms with Crippen LogP contribution in [0.15, 0.2) is 83.9 Å². The number of ether oxygens (including phenoxy) is 2. The number of para-hydroxylation sites is 1. The van der Waals surface area contributed by atoms with Gasteiger partial charge >= 0.3 is 0 Å². The Labute approximate surface area is 185 Å². The molecule has 5 nitrogen and oxygen atoms in total. The zero-order chi connectivity index (χ0) is 22.0.